The summed E-state index contributed by atoms with van der Waals surface area (Å²) in [5.74, 6) is -0.103. The molecule has 0 aliphatic carbocycles. The highest BCUT2D eigenvalue weighted by Gasteiger charge is 2.14. The molecule has 1 unspecified atom stereocenters. The maximum atomic E-state index is 12.3. The van der Waals surface area contributed by atoms with E-state index < -0.39 is 0 Å². The second-order valence-electron chi connectivity index (χ2n) is 6.69. The van der Waals surface area contributed by atoms with E-state index >= 15 is 0 Å². The molecule has 0 fully saturated rings. The molecule has 0 spiro atoms. The van der Waals surface area contributed by atoms with Crippen molar-refractivity contribution >= 4 is 24.0 Å². The summed E-state index contributed by atoms with van der Waals surface area (Å²) in [6.07, 6.45) is 0. The number of halogens is 1. The van der Waals surface area contributed by atoms with Crippen molar-refractivity contribution in [2.75, 3.05) is 5.32 Å². The lowest BCUT2D eigenvalue weighted by molar-refractivity contribution is 0.102. The van der Waals surface area contributed by atoms with Gasteiger partial charge in [0.2, 0.25) is 0 Å². The molecule has 0 saturated carbocycles. The van der Waals surface area contributed by atoms with Gasteiger partial charge in [-0.3, -0.25) is 4.79 Å². The van der Waals surface area contributed by atoms with Crippen LogP contribution in [0.5, 0.6) is 0 Å². The minimum Gasteiger partial charge on any atom is -0.324 e. The molecule has 0 heterocycles. The number of carbonyl (C=O) groups excluding carboxylic acids is 1. The van der Waals surface area contributed by atoms with E-state index in [4.69, 9.17) is 5.73 Å². The maximum absolute atomic E-state index is 12.3. The van der Waals surface area contributed by atoms with Crippen molar-refractivity contribution in [3.8, 4) is 0 Å². The number of rotatable bonds is 3. The van der Waals surface area contributed by atoms with E-state index in [1.807, 2.05) is 55.5 Å². The van der Waals surface area contributed by atoms with Crippen LogP contribution in [-0.2, 0) is 5.41 Å². The summed E-state index contributed by atoms with van der Waals surface area (Å²) in [5.41, 5.74) is 9.60. The maximum Gasteiger partial charge on any atom is 0.255 e. The Bertz CT molecular complexity index is 641. The molecule has 3 nitrogen and oxygen atoms in total. The number of hydrogen-bond donors (Lipinski definition) is 2. The summed E-state index contributed by atoms with van der Waals surface area (Å²) in [6, 6.07) is 15.4. The molecule has 4 heteroatoms. The lowest BCUT2D eigenvalue weighted by Crippen LogP contribution is -2.14. The van der Waals surface area contributed by atoms with E-state index in [0.717, 1.165) is 11.3 Å². The zero-order chi connectivity index (χ0) is 16.3. The predicted molar refractivity (Wildman–Crippen MR) is 99.4 cm³/mol. The Morgan fingerprint density at radius 1 is 1.00 bits per heavy atom. The summed E-state index contributed by atoms with van der Waals surface area (Å²) >= 11 is 0. The number of nitrogens with one attached hydrogen (secondary N) is 1. The molecule has 0 bridgehead atoms. The highest BCUT2D eigenvalue weighted by molar-refractivity contribution is 6.04. The topological polar surface area (TPSA) is 55.1 Å². The molecule has 0 aliphatic rings. The summed E-state index contributed by atoms with van der Waals surface area (Å²) < 4.78 is 0. The van der Waals surface area contributed by atoms with Crippen LogP contribution in [0.25, 0.3) is 0 Å². The number of carbonyl (C=O) groups is 1. The van der Waals surface area contributed by atoms with Gasteiger partial charge in [0.15, 0.2) is 0 Å². The highest BCUT2D eigenvalue weighted by Crippen LogP contribution is 2.22. The monoisotopic (exact) mass is 332 g/mol. The van der Waals surface area contributed by atoms with Gasteiger partial charge >= 0.3 is 0 Å². The fourth-order valence-electron chi connectivity index (χ4n) is 2.19. The summed E-state index contributed by atoms with van der Waals surface area (Å²) in [7, 11) is 0. The van der Waals surface area contributed by atoms with Crippen LogP contribution in [0.3, 0.4) is 0 Å². The van der Waals surface area contributed by atoms with Gasteiger partial charge in [-0.15, -0.1) is 12.4 Å². The van der Waals surface area contributed by atoms with Gasteiger partial charge in [0, 0.05) is 17.3 Å². The second kappa shape index (κ2) is 7.62. The molecular formula is C19H25ClN2O. The first-order valence-electron chi connectivity index (χ1n) is 7.55. The Balaban J connectivity index is 0.00000264. The summed E-state index contributed by atoms with van der Waals surface area (Å²) in [4.78, 5) is 12.3. The standard InChI is InChI=1S/C19H24N2O.ClH/c1-13(20)14-7-11-17(12-8-14)21-18(22)15-5-9-16(10-6-15)19(2,3)4;/h5-13H,20H2,1-4H3,(H,21,22);1H. The van der Waals surface area contributed by atoms with E-state index in [-0.39, 0.29) is 29.8 Å². The first-order chi connectivity index (χ1) is 10.3. The minimum absolute atomic E-state index is 0. The van der Waals surface area contributed by atoms with Gasteiger partial charge in [-0.05, 0) is 47.7 Å². The summed E-state index contributed by atoms with van der Waals surface area (Å²) in [5, 5.41) is 2.90. The molecule has 0 aromatic heterocycles. The first kappa shape index (κ1) is 19.2. The van der Waals surface area contributed by atoms with Crippen molar-refractivity contribution < 1.29 is 4.79 Å². The van der Waals surface area contributed by atoms with Crippen molar-refractivity contribution in [3.05, 3.63) is 65.2 Å². The van der Waals surface area contributed by atoms with Gasteiger partial charge in [-0.2, -0.15) is 0 Å². The Morgan fingerprint density at radius 3 is 1.96 bits per heavy atom. The molecule has 1 atom stereocenters. The van der Waals surface area contributed by atoms with Crippen molar-refractivity contribution in [1.82, 2.24) is 0 Å². The molecule has 0 radical (unpaired) electrons. The molecule has 23 heavy (non-hydrogen) atoms. The molecule has 2 aromatic rings. The van der Waals surface area contributed by atoms with Crippen molar-refractivity contribution in [1.29, 1.82) is 0 Å². The summed E-state index contributed by atoms with van der Waals surface area (Å²) in [6.45, 7) is 8.40. The lowest BCUT2D eigenvalue weighted by Gasteiger charge is -2.19. The molecule has 1 amide bonds. The fourth-order valence-corrected chi connectivity index (χ4v) is 2.19. The van der Waals surface area contributed by atoms with Crippen LogP contribution in [0.1, 0.15) is 55.2 Å². The second-order valence-corrected chi connectivity index (χ2v) is 6.69. The molecular weight excluding hydrogens is 308 g/mol. The Labute approximate surface area is 144 Å². The van der Waals surface area contributed by atoms with Crippen LogP contribution < -0.4 is 11.1 Å². The highest BCUT2D eigenvalue weighted by atomic mass is 35.5. The third kappa shape index (κ3) is 5.08. The third-order valence-electron chi connectivity index (χ3n) is 3.71. The first-order valence-corrected chi connectivity index (χ1v) is 7.55. The average Bonchev–Trinajstić information content (AvgIpc) is 2.47. The minimum atomic E-state index is -0.103. The fraction of sp³-hybridized carbons (Fsp3) is 0.316. The zero-order valence-electron chi connectivity index (χ0n) is 14.1. The van der Waals surface area contributed by atoms with Gasteiger partial charge in [-0.25, -0.2) is 0 Å². The van der Waals surface area contributed by atoms with Gasteiger partial charge in [0.05, 0.1) is 0 Å². The Kier molecular flexibility index (Phi) is 6.37. The van der Waals surface area contributed by atoms with Crippen LogP contribution in [0.2, 0.25) is 0 Å². The molecule has 2 rings (SSSR count). The Morgan fingerprint density at radius 2 is 1.52 bits per heavy atom. The van der Waals surface area contributed by atoms with Gasteiger partial charge in [-0.1, -0.05) is 45.0 Å². The zero-order valence-corrected chi connectivity index (χ0v) is 14.9. The smallest absolute Gasteiger partial charge is 0.255 e. The van der Waals surface area contributed by atoms with Crippen LogP contribution in [0, 0.1) is 0 Å². The number of anilines is 1. The average molecular weight is 333 g/mol. The normalized spacial score (nSPS) is 12.2. The number of nitrogens with two attached hydrogens (primary N) is 1. The van der Waals surface area contributed by atoms with E-state index in [1.165, 1.54) is 5.56 Å². The largest absolute Gasteiger partial charge is 0.324 e. The molecule has 0 saturated heterocycles. The van der Waals surface area contributed by atoms with Gasteiger partial charge in [0.1, 0.15) is 0 Å². The van der Waals surface area contributed by atoms with Crippen LogP contribution >= 0.6 is 12.4 Å². The molecule has 124 valence electrons. The van der Waals surface area contributed by atoms with Crippen LogP contribution in [-0.4, -0.2) is 5.91 Å². The number of amides is 1. The van der Waals surface area contributed by atoms with E-state index in [1.54, 1.807) is 0 Å². The lowest BCUT2D eigenvalue weighted by atomic mass is 9.87. The van der Waals surface area contributed by atoms with E-state index in [9.17, 15) is 4.79 Å². The van der Waals surface area contributed by atoms with Crippen molar-refractivity contribution in [3.63, 3.8) is 0 Å². The number of hydrogen-bond acceptors (Lipinski definition) is 2. The molecule has 2 aromatic carbocycles. The van der Waals surface area contributed by atoms with Crippen molar-refractivity contribution in [2.24, 2.45) is 5.73 Å². The van der Waals surface area contributed by atoms with Gasteiger partial charge in [0.25, 0.3) is 5.91 Å². The SMILES string of the molecule is CC(N)c1ccc(NC(=O)c2ccc(C(C)(C)C)cc2)cc1.Cl. The molecule has 3 N–H and O–H groups in total. The van der Waals surface area contributed by atoms with Gasteiger partial charge < -0.3 is 11.1 Å². The Hall–Kier alpha value is -1.84. The molecule has 0 aliphatic heterocycles. The number of benzene rings is 2. The van der Waals surface area contributed by atoms with Crippen LogP contribution in [0.4, 0.5) is 5.69 Å². The van der Waals surface area contributed by atoms with E-state index in [0.29, 0.717) is 5.56 Å². The van der Waals surface area contributed by atoms with Crippen LogP contribution in [0.15, 0.2) is 48.5 Å². The quantitative estimate of drug-likeness (QED) is 0.857. The predicted octanol–water partition coefficient (Wildman–Crippen LogP) is 4.68. The third-order valence-corrected chi connectivity index (χ3v) is 3.71. The van der Waals surface area contributed by atoms with E-state index in [2.05, 4.69) is 26.1 Å². The van der Waals surface area contributed by atoms with Crippen molar-refractivity contribution in [2.45, 2.75) is 39.2 Å².